The van der Waals surface area contributed by atoms with Gasteiger partial charge in [-0.2, -0.15) is 0 Å². The minimum Gasteiger partial charge on any atom is -0.262 e. The topological polar surface area (TPSA) is 12.9 Å². The quantitative estimate of drug-likeness (QED) is 0.667. The van der Waals surface area contributed by atoms with Crippen molar-refractivity contribution in [3.63, 3.8) is 0 Å². The average Bonchev–Trinajstić information content (AvgIpc) is 2.04. The molecule has 0 aliphatic heterocycles. The molecule has 11 heavy (non-hydrogen) atoms. The van der Waals surface area contributed by atoms with Crippen molar-refractivity contribution in [2.75, 3.05) is 0 Å². The summed E-state index contributed by atoms with van der Waals surface area (Å²) in [5, 5.41) is 0.698. The second-order valence-corrected chi connectivity index (χ2v) is 2.99. The fraction of sp³-hybridized carbons (Fsp3) is 0.375. The third-order valence-corrected chi connectivity index (χ3v) is 2.27. The lowest BCUT2D eigenvalue weighted by molar-refractivity contribution is 1.26. The van der Waals surface area contributed by atoms with Crippen LogP contribution in [0.2, 0.25) is 5.02 Å². The molecule has 0 N–H and O–H groups in total. The van der Waals surface area contributed by atoms with E-state index < -0.39 is 0 Å². The van der Waals surface area contributed by atoms with E-state index in [0.29, 0.717) is 5.02 Å². The van der Waals surface area contributed by atoms with E-state index in [1.807, 2.05) is 20.8 Å². The lowest BCUT2D eigenvalue weighted by Gasteiger charge is -1.96. The van der Waals surface area contributed by atoms with E-state index >= 15 is 0 Å². The van der Waals surface area contributed by atoms with Gasteiger partial charge in [-0.3, -0.25) is 4.98 Å². The van der Waals surface area contributed by atoms with Gasteiger partial charge in [-0.05, 0) is 28.4 Å². The number of hydrogen-bond acceptors (Lipinski definition) is 1. The Morgan fingerprint density at radius 2 is 1.91 bits per heavy atom. The van der Waals surface area contributed by atoms with Crippen molar-refractivity contribution in [1.29, 1.82) is 0 Å². The van der Waals surface area contributed by atoms with E-state index in [-0.39, 0.29) is 0 Å². The second-order valence-electron chi connectivity index (χ2n) is 1.73. The Morgan fingerprint density at radius 1 is 1.36 bits per heavy atom. The van der Waals surface area contributed by atoms with Gasteiger partial charge in [-0.1, -0.05) is 25.4 Å². The molecule has 0 amide bonds. The molecule has 0 saturated carbocycles. The lowest BCUT2D eigenvalue weighted by Crippen LogP contribution is -1.78. The predicted molar refractivity (Wildman–Crippen MR) is 53.0 cm³/mol. The largest absolute Gasteiger partial charge is 0.262 e. The van der Waals surface area contributed by atoms with Gasteiger partial charge in [0.15, 0.2) is 0 Å². The smallest absolute Gasteiger partial charge is 0.0629 e. The summed E-state index contributed by atoms with van der Waals surface area (Å²) in [6.45, 7) is 5.94. The van der Waals surface area contributed by atoms with E-state index in [1.54, 1.807) is 12.4 Å². The highest BCUT2D eigenvalue weighted by molar-refractivity contribution is 9.10. The third kappa shape index (κ3) is 3.21. The Hall–Kier alpha value is -0.0800. The SMILES string of the molecule is CC.Cc1c(Cl)cncc1Br. The van der Waals surface area contributed by atoms with Crippen molar-refractivity contribution in [1.82, 2.24) is 4.98 Å². The van der Waals surface area contributed by atoms with Crippen LogP contribution in [0.5, 0.6) is 0 Å². The molecule has 1 aromatic rings. The van der Waals surface area contributed by atoms with E-state index in [4.69, 9.17) is 11.6 Å². The number of aromatic nitrogens is 1. The van der Waals surface area contributed by atoms with E-state index in [2.05, 4.69) is 20.9 Å². The molecule has 1 rings (SSSR count). The molecule has 1 aromatic heterocycles. The van der Waals surface area contributed by atoms with Crippen LogP contribution in [0.1, 0.15) is 19.4 Å². The number of hydrogen-bond donors (Lipinski definition) is 0. The molecule has 0 unspecified atom stereocenters. The molecule has 1 nitrogen and oxygen atoms in total. The Labute approximate surface area is 80.9 Å². The van der Waals surface area contributed by atoms with Gasteiger partial charge < -0.3 is 0 Å². The molecule has 62 valence electrons. The summed E-state index contributed by atoms with van der Waals surface area (Å²) in [6, 6.07) is 0. The summed E-state index contributed by atoms with van der Waals surface area (Å²) in [4.78, 5) is 3.87. The fourth-order valence-electron chi connectivity index (χ4n) is 0.476. The van der Waals surface area contributed by atoms with Gasteiger partial charge in [0.2, 0.25) is 0 Å². The maximum atomic E-state index is 5.72. The van der Waals surface area contributed by atoms with E-state index in [1.165, 1.54) is 0 Å². The molecule has 0 aliphatic rings. The molecule has 0 aliphatic carbocycles. The minimum atomic E-state index is 0.698. The summed E-state index contributed by atoms with van der Waals surface area (Å²) in [7, 11) is 0. The van der Waals surface area contributed by atoms with Crippen molar-refractivity contribution in [3.8, 4) is 0 Å². The van der Waals surface area contributed by atoms with Crippen molar-refractivity contribution in [2.24, 2.45) is 0 Å². The van der Waals surface area contributed by atoms with E-state index in [0.717, 1.165) is 10.0 Å². The molecule has 0 radical (unpaired) electrons. The number of rotatable bonds is 0. The Bertz CT molecular complexity index is 205. The average molecular weight is 237 g/mol. The standard InChI is InChI=1S/C6H5BrClN.C2H6/c1-4-5(7)2-9-3-6(4)8;1-2/h2-3H,1H3;1-2H3. The summed E-state index contributed by atoms with van der Waals surface area (Å²) < 4.78 is 0.954. The van der Waals surface area contributed by atoms with Gasteiger partial charge in [-0.25, -0.2) is 0 Å². The van der Waals surface area contributed by atoms with Crippen LogP contribution in [-0.4, -0.2) is 4.98 Å². The fourth-order valence-corrected chi connectivity index (χ4v) is 1.08. The molecule has 1 heterocycles. The maximum Gasteiger partial charge on any atom is 0.0629 e. The van der Waals surface area contributed by atoms with Crippen LogP contribution in [0.3, 0.4) is 0 Å². The maximum absolute atomic E-state index is 5.72. The van der Waals surface area contributed by atoms with Gasteiger partial charge in [0.25, 0.3) is 0 Å². The molecule has 0 atom stereocenters. The van der Waals surface area contributed by atoms with Crippen molar-refractivity contribution >= 4 is 27.5 Å². The summed E-state index contributed by atoms with van der Waals surface area (Å²) in [5.74, 6) is 0. The molecule has 0 aromatic carbocycles. The first-order valence-electron chi connectivity index (χ1n) is 3.47. The van der Waals surface area contributed by atoms with Gasteiger partial charge >= 0.3 is 0 Å². The Kier molecular flexibility index (Phi) is 5.51. The van der Waals surface area contributed by atoms with Crippen LogP contribution < -0.4 is 0 Å². The highest BCUT2D eigenvalue weighted by Crippen LogP contribution is 2.21. The van der Waals surface area contributed by atoms with E-state index in [9.17, 15) is 0 Å². The van der Waals surface area contributed by atoms with Crippen LogP contribution in [0.15, 0.2) is 16.9 Å². The highest BCUT2D eigenvalue weighted by atomic mass is 79.9. The van der Waals surface area contributed by atoms with Gasteiger partial charge in [0.1, 0.15) is 0 Å². The van der Waals surface area contributed by atoms with Crippen LogP contribution in [-0.2, 0) is 0 Å². The molecule has 3 heteroatoms. The molecule has 0 saturated heterocycles. The first kappa shape index (κ1) is 10.9. The molecular weight excluding hydrogens is 225 g/mol. The monoisotopic (exact) mass is 235 g/mol. The first-order valence-corrected chi connectivity index (χ1v) is 4.64. The molecular formula is C8H11BrClN. The van der Waals surface area contributed by atoms with Crippen LogP contribution in [0.25, 0.3) is 0 Å². The van der Waals surface area contributed by atoms with Crippen molar-refractivity contribution in [3.05, 3.63) is 27.5 Å². The number of nitrogens with zero attached hydrogens (tertiary/aromatic N) is 1. The third-order valence-electron chi connectivity index (χ3n) is 1.09. The Morgan fingerprint density at radius 3 is 2.27 bits per heavy atom. The normalized spacial score (nSPS) is 8.45. The number of pyridine rings is 1. The molecule has 0 fully saturated rings. The van der Waals surface area contributed by atoms with Crippen LogP contribution >= 0.6 is 27.5 Å². The van der Waals surface area contributed by atoms with Crippen molar-refractivity contribution in [2.45, 2.75) is 20.8 Å². The van der Waals surface area contributed by atoms with Gasteiger partial charge in [0.05, 0.1) is 5.02 Å². The molecule has 0 bridgehead atoms. The Balaban J connectivity index is 0.000000461. The highest BCUT2D eigenvalue weighted by Gasteiger charge is 1.96. The first-order chi connectivity index (χ1) is 5.22. The second kappa shape index (κ2) is 5.56. The summed E-state index contributed by atoms with van der Waals surface area (Å²) in [5.41, 5.74) is 1.03. The predicted octanol–water partition coefficient (Wildman–Crippen LogP) is 3.83. The zero-order chi connectivity index (χ0) is 8.85. The zero-order valence-corrected chi connectivity index (χ0v) is 9.20. The lowest BCUT2D eigenvalue weighted by atomic mass is 10.3. The molecule has 0 spiro atoms. The summed E-state index contributed by atoms with van der Waals surface area (Å²) >= 11 is 9.02. The number of halogens is 2. The van der Waals surface area contributed by atoms with Crippen LogP contribution in [0.4, 0.5) is 0 Å². The summed E-state index contributed by atoms with van der Waals surface area (Å²) in [6.07, 6.45) is 3.35. The van der Waals surface area contributed by atoms with Gasteiger partial charge in [-0.15, -0.1) is 0 Å². The zero-order valence-electron chi connectivity index (χ0n) is 6.86. The van der Waals surface area contributed by atoms with Gasteiger partial charge in [0, 0.05) is 16.9 Å². The van der Waals surface area contributed by atoms with Crippen LogP contribution in [0, 0.1) is 6.92 Å². The minimum absolute atomic E-state index is 0.698. The van der Waals surface area contributed by atoms with Crippen molar-refractivity contribution < 1.29 is 0 Å².